The molecule has 2 aromatic rings. The second-order valence-electron chi connectivity index (χ2n) is 6.77. The third kappa shape index (κ3) is 2.74. The number of methoxy groups -OCH3 is 1. The summed E-state index contributed by atoms with van der Waals surface area (Å²) in [5.74, 6) is 2.45. The van der Waals surface area contributed by atoms with E-state index in [1.54, 1.807) is 7.11 Å². The maximum Gasteiger partial charge on any atom is 0.134 e. The van der Waals surface area contributed by atoms with Crippen molar-refractivity contribution in [2.75, 3.05) is 13.7 Å². The molecule has 25 heavy (non-hydrogen) atoms. The van der Waals surface area contributed by atoms with E-state index in [9.17, 15) is 5.11 Å². The largest absolute Gasteiger partial charge is 0.507 e. The molecule has 2 aromatic carbocycles. The van der Waals surface area contributed by atoms with Gasteiger partial charge in [0.1, 0.15) is 35.2 Å². The first-order valence-electron chi connectivity index (χ1n) is 8.23. The highest BCUT2D eigenvalue weighted by molar-refractivity contribution is 5.89. The van der Waals surface area contributed by atoms with Crippen LogP contribution >= 0.6 is 0 Å². The zero-order valence-corrected chi connectivity index (χ0v) is 14.5. The molecule has 2 aliphatic rings. The standard InChI is InChI=1S/C21H20O4/c1-21(2)9-8-17-18(25-21)7-6-16(20(17)22)14-10-13-4-5-15(23-3)11-19(13)24-12-14/h4-11,22H,12H2,1-3H3. The molecule has 4 nitrogen and oxygen atoms in total. The maximum absolute atomic E-state index is 10.7. The number of benzene rings is 2. The molecule has 0 unspecified atom stereocenters. The fourth-order valence-electron chi connectivity index (χ4n) is 3.13. The van der Waals surface area contributed by atoms with Crippen LogP contribution in [0.25, 0.3) is 17.7 Å². The highest BCUT2D eigenvalue weighted by Crippen LogP contribution is 2.42. The van der Waals surface area contributed by atoms with Crippen molar-refractivity contribution in [3.8, 4) is 23.0 Å². The van der Waals surface area contributed by atoms with Gasteiger partial charge in [-0.15, -0.1) is 0 Å². The summed E-state index contributed by atoms with van der Waals surface area (Å²) in [6, 6.07) is 9.50. The molecule has 0 saturated heterocycles. The van der Waals surface area contributed by atoms with Crippen molar-refractivity contribution in [3.63, 3.8) is 0 Å². The Balaban J connectivity index is 1.75. The third-order valence-electron chi connectivity index (χ3n) is 4.48. The summed E-state index contributed by atoms with van der Waals surface area (Å²) in [6.45, 7) is 4.36. The van der Waals surface area contributed by atoms with E-state index in [0.717, 1.165) is 28.2 Å². The number of aromatic hydroxyl groups is 1. The quantitative estimate of drug-likeness (QED) is 0.876. The highest BCUT2D eigenvalue weighted by Gasteiger charge is 2.25. The second kappa shape index (κ2) is 5.59. The molecule has 0 saturated carbocycles. The lowest BCUT2D eigenvalue weighted by molar-refractivity contribution is 0.158. The summed E-state index contributed by atoms with van der Waals surface area (Å²) in [5.41, 5.74) is 2.99. The highest BCUT2D eigenvalue weighted by atomic mass is 16.5. The van der Waals surface area contributed by atoms with E-state index in [4.69, 9.17) is 14.2 Å². The average Bonchev–Trinajstić information content (AvgIpc) is 2.60. The van der Waals surface area contributed by atoms with Gasteiger partial charge in [-0.2, -0.15) is 0 Å². The molecule has 0 spiro atoms. The van der Waals surface area contributed by atoms with Gasteiger partial charge in [0.25, 0.3) is 0 Å². The van der Waals surface area contributed by atoms with E-state index < -0.39 is 0 Å². The molecular formula is C21H20O4. The number of hydrogen-bond donors (Lipinski definition) is 1. The van der Waals surface area contributed by atoms with Gasteiger partial charge in [0.2, 0.25) is 0 Å². The first-order valence-corrected chi connectivity index (χ1v) is 8.23. The molecule has 1 N–H and O–H groups in total. The molecule has 0 fully saturated rings. The summed E-state index contributed by atoms with van der Waals surface area (Å²) in [5, 5.41) is 10.7. The van der Waals surface area contributed by atoms with E-state index in [1.807, 2.05) is 62.4 Å². The van der Waals surface area contributed by atoms with Crippen LogP contribution in [0.1, 0.15) is 30.5 Å². The predicted octanol–water partition coefficient (Wildman–Crippen LogP) is 4.52. The minimum absolute atomic E-state index is 0.219. The molecule has 2 aliphatic heterocycles. The smallest absolute Gasteiger partial charge is 0.134 e. The van der Waals surface area contributed by atoms with Crippen LogP contribution in [0, 0.1) is 0 Å². The van der Waals surface area contributed by atoms with Crippen LogP contribution < -0.4 is 14.2 Å². The van der Waals surface area contributed by atoms with Crippen LogP contribution in [0.3, 0.4) is 0 Å². The summed E-state index contributed by atoms with van der Waals surface area (Å²) in [6.07, 6.45) is 5.91. The maximum atomic E-state index is 10.7. The van der Waals surface area contributed by atoms with Gasteiger partial charge in [-0.05, 0) is 56.3 Å². The first-order chi connectivity index (χ1) is 12.0. The monoisotopic (exact) mass is 336 g/mol. The van der Waals surface area contributed by atoms with Crippen LogP contribution in [0.4, 0.5) is 0 Å². The molecule has 128 valence electrons. The molecule has 0 aromatic heterocycles. The van der Waals surface area contributed by atoms with Gasteiger partial charge < -0.3 is 19.3 Å². The van der Waals surface area contributed by atoms with E-state index >= 15 is 0 Å². The Morgan fingerprint density at radius 3 is 2.76 bits per heavy atom. The minimum atomic E-state index is -0.369. The fourth-order valence-corrected chi connectivity index (χ4v) is 3.13. The molecular weight excluding hydrogens is 316 g/mol. The molecule has 0 radical (unpaired) electrons. The number of hydrogen-bond acceptors (Lipinski definition) is 4. The Hall–Kier alpha value is -2.88. The van der Waals surface area contributed by atoms with E-state index in [1.165, 1.54) is 0 Å². The van der Waals surface area contributed by atoms with Crippen molar-refractivity contribution < 1.29 is 19.3 Å². The van der Waals surface area contributed by atoms with Crippen LogP contribution in [-0.4, -0.2) is 24.4 Å². The van der Waals surface area contributed by atoms with Crippen molar-refractivity contribution in [1.82, 2.24) is 0 Å². The van der Waals surface area contributed by atoms with E-state index in [0.29, 0.717) is 17.9 Å². The summed E-state index contributed by atoms with van der Waals surface area (Å²) < 4.78 is 17.0. The van der Waals surface area contributed by atoms with Crippen LogP contribution in [0.2, 0.25) is 0 Å². The molecule has 0 atom stereocenters. The number of phenols is 1. The Kier molecular flexibility index (Phi) is 3.49. The zero-order valence-electron chi connectivity index (χ0n) is 14.5. The second-order valence-corrected chi connectivity index (χ2v) is 6.77. The van der Waals surface area contributed by atoms with Gasteiger partial charge in [0, 0.05) is 22.8 Å². The molecule has 4 heteroatoms. The van der Waals surface area contributed by atoms with Crippen molar-refractivity contribution in [2.45, 2.75) is 19.4 Å². The van der Waals surface area contributed by atoms with E-state index in [2.05, 4.69) is 0 Å². The summed E-state index contributed by atoms with van der Waals surface area (Å²) in [4.78, 5) is 0. The molecule has 2 heterocycles. The molecule has 0 amide bonds. The van der Waals surface area contributed by atoms with Gasteiger partial charge in [0.05, 0.1) is 12.7 Å². The van der Waals surface area contributed by atoms with Crippen molar-refractivity contribution in [1.29, 1.82) is 0 Å². The van der Waals surface area contributed by atoms with Gasteiger partial charge in [-0.1, -0.05) is 0 Å². The summed E-state index contributed by atoms with van der Waals surface area (Å²) in [7, 11) is 1.63. The number of rotatable bonds is 2. The number of phenolic OH excluding ortho intramolecular Hbond substituents is 1. The molecule has 0 aliphatic carbocycles. The fraction of sp³-hybridized carbons (Fsp3) is 0.238. The molecule has 4 rings (SSSR count). The normalized spacial score (nSPS) is 16.8. The minimum Gasteiger partial charge on any atom is -0.507 e. The summed E-state index contributed by atoms with van der Waals surface area (Å²) >= 11 is 0. The molecule has 0 bridgehead atoms. The van der Waals surface area contributed by atoms with Crippen molar-refractivity contribution in [3.05, 3.63) is 53.1 Å². The number of ether oxygens (including phenoxy) is 3. The lowest BCUT2D eigenvalue weighted by Gasteiger charge is -2.29. The lowest BCUT2D eigenvalue weighted by Crippen LogP contribution is -2.27. The van der Waals surface area contributed by atoms with Crippen LogP contribution in [0.5, 0.6) is 23.0 Å². The van der Waals surface area contributed by atoms with Crippen molar-refractivity contribution >= 4 is 17.7 Å². The van der Waals surface area contributed by atoms with E-state index in [-0.39, 0.29) is 11.4 Å². The Morgan fingerprint density at radius 2 is 1.96 bits per heavy atom. The first kappa shape index (κ1) is 15.6. The Bertz CT molecular complexity index is 906. The SMILES string of the molecule is COc1ccc2c(c1)OCC(c1ccc3c(c1O)C=CC(C)(C)O3)=C2. The van der Waals surface area contributed by atoms with Crippen molar-refractivity contribution in [2.24, 2.45) is 0 Å². The van der Waals surface area contributed by atoms with Crippen LogP contribution in [-0.2, 0) is 0 Å². The van der Waals surface area contributed by atoms with Gasteiger partial charge >= 0.3 is 0 Å². The lowest BCUT2D eigenvalue weighted by atomic mass is 9.95. The van der Waals surface area contributed by atoms with Gasteiger partial charge in [0.15, 0.2) is 0 Å². The predicted molar refractivity (Wildman–Crippen MR) is 98.2 cm³/mol. The topological polar surface area (TPSA) is 47.9 Å². The number of fused-ring (bicyclic) bond motifs is 2. The Morgan fingerprint density at radius 1 is 1.12 bits per heavy atom. The average molecular weight is 336 g/mol. The zero-order chi connectivity index (χ0) is 17.6. The van der Waals surface area contributed by atoms with Gasteiger partial charge in [-0.3, -0.25) is 0 Å². The van der Waals surface area contributed by atoms with Crippen LogP contribution in [0.15, 0.2) is 36.4 Å². The van der Waals surface area contributed by atoms with Gasteiger partial charge in [-0.25, -0.2) is 0 Å². The Labute approximate surface area is 147 Å². The third-order valence-corrected chi connectivity index (χ3v) is 4.48.